The molecule has 1 amide bonds. The van der Waals surface area contributed by atoms with Crippen LogP contribution in [0.1, 0.15) is 40.3 Å². The topological polar surface area (TPSA) is 84.0 Å². The van der Waals surface area contributed by atoms with Crippen LogP contribution >= 0.6 is 0 Å². The highest BCUT2D eigenvalue weighted by atomic mass is 16.5. The number of benzene rings is 1. The van der Waals surface area contributed by atoms with Gasteiger partial charge in [0.05, 0.1) is 24.8 Å². The number of nitriles is 1. The molecule has 1 atom stereocenters. The Morgan fingerprint density at radius 1 is 1.50 bits per heavy atom. The van der Waals surface area contributed by atoms with Crippen LogP contribution in [0, 0.1) is 18.3 Å². The second-order valence-corrected chi connectivity index (χ2v) is 5.73. The van der Waals surface area contributed by atoms with E-state index in [0.717, 1.165) is 17.9 Å². The third-order valence-electron chi connectivity index (χ3n) is 4.21. The SMILES string of the molecule is CCn1cnnc1[C@H]1CN(C(=O)c2ccc(C#N)cc2C)CCO1. The monoisotopic (exact) mass is 325 g/mol. The fourth-order valence-corrected chi connectivity index (χ4v) is 2.89. The quantitative estimate of drug-likeness (QED) is 0.857. The van der Waals surface area contributed by atoms with Crippen LogP contribution in [-0.2, 0) is 11.3 Å². The van der Waals surface area contributed by atoms with Gasteiger partial charge in [-0.2, -0.15) is 5.26 Å². The molecule has 1 aromatic heterocycles. The van der Waals surface area contributed by atoms with Gasteiger partial charge in [-0.15, -0.1) is 10.2 Å². The Labute approximate surface area is 140 Å². The number of ether oxygens (including phenoxy) is 1. The van der Waals surface area contributed by atoms with Gasteiger partial charge < -0.3 is 14.2 Å². The van der Waals surface area contributed by atoms with Gasteiger partial charge in [0.15, 0.2) is 5.82 Å². The van der Waals surface area contributed by atoms with Gasteiger partial charge in [-0.3, -0.25) is 4.79 Å². The zero-order chi connectivity index (χ0) is 17.1. The maximum Gasteiger partial charge on any atom is 0.254 e. The molecule has 1 aliphatic rings. The molecular formula is C17H19N5O2. The van der Waals surface area contributed by atoms with Crippen LogP contribution in [0.2, 0.25) is 0 Å². The van der Waals surface area contributed by atoms with Crippen LogP contribution in [-0.4, -0.2) is 45.3 Å². The van der Waals surface area contributed by atoms with Crippen molar-refractivity contribution in [3.05, 3.63) is 47.0 Å². The number of amides is 1. The van der Waals surface area contributed by atoms with E-state index in [2.05, 4.69) is 16.3 Å². The zero-order valence-electron chi connectivity index (χ0n) is 13.8. The third kappa shape index (κ3) is 3.01. The van der Waals surface area contributed by atoms with E-state index in [1.54, 1.807) is 29.4 Å². The number of carbonyl (C=O) groups excluding carboxylic acids is 1. The van der Waals surface area contributed by atoms with Crippen molar-refractivity contribution in [2.24, 2.45) is 0 Å². The van der Waals surface area contributed by atoms with Crippen LogP contribution in [0.15, 0.2) is 24.5 Å². The normalized spacial score (nSPS) is 17.5. The Bertz CT molecular complexity index is 793. The molecule has 0 N–H and O–H groups in total. The lowest BCUT2D eigenvalue weighted by atomic mass is 10.0. The predicted octanol–water partition coefficient (Wildman–Crippen LogP) is 1.69. The smallest absolute Gasteiger partial charge is 0.254 e. The first-order chi connectivity index (χ1) is 11.6. The number of hydrogen-bond donors (Lipinski definition) is 0. The number of rotatable bonds is 3. The largest absolute Gasteiger partial charge is 0.366 e. The first-order valence-electron chi connectivity index (χ1n) is 7.93. The summed E-state index contributed by atoms with van der Waals surface area (Å²) in [4.78, 5) is 14.6. The van der Waals surface area contributed by atoms with E-state index in [-0.39, 0.29) is 12.0 Å². The van der Waals surface area contributed by atoms with Gasteiger partial charge in [0, 0.05) is 18.7 Å². The fourth-order valence-electron chi connectivity index (χ4n) is 2.89. The summed E-state index contributed by atoms with van der Waals surface area (Å²) in [5.74, 6) is 0.694. The Kier molecular flexibility index (Phi) is 4.58. The average molecular weight is 325 g/mol. The summed E-state index contributed by atoms with van der Waals surface area (Å²) < 4.78 is 7.71. The molecule has 0 bridgehead atoms. The van der Waals surface area contributed by atoms with Crippen molar-refractivity contribution in [3.63, 3.8) is 0 Å². The van der Waals surface area contributed by atoms with Crippen LogP contribution in [0.25, 0.3) is 0 Å². The third-order valence-corrected chi connectivity index (χ3v) is 4.21. The van der Waals surface area contributed by atoms with E-state index in [9.17, 15) is 4.79 Å². The van der Waals surface area contributed by atoms with E-state index in [1.165, 1.54) is 0 Å². The summed E-state index contributed by atoms with van der Waals surface area (Å²) in [6.07, 6.45) is 1.40. The molecule has 1 aromatic carbocycles. The molecule has 7 heteroatoms. The highest BCUT2D eigenvalue weighted by Crippen LogP contribution is 2.23. The number of aromatic nitrogens is 3. The first-order valence-corrected chi connectivity index (χ1v) is 7.93. The van der Waals surface area contributed by atoms with Crippen LogP contribution in [0.5, 0.6) is 0 Å². The molecule has 7 nitrogen and oxygen atoms in total. The first kappa shape index (κ1) is 16.1. The second kappa shape index (κ2) is 6.81. The summed E-state index contributed by atoms with van der Waals surface area (Å²) >= 11 is 0. The maximum absolute atomic E-state index is 12.8. The molecule has 0 saturated carbocycles. The van der Waals surface area contributed by atoms with Gasteiger partial charge in [0.25, 0.3) is 5.91 Å². The van der Waals surface area contributed by atoms with Crippen LogP contribution in [0.4, 0.5) is 0 Å². The molecule has 24 heavy (non-hydrogen) atoms. The molecule has 1 aliphatic heterocycles. The van der Waals surface area contributed by atoms with E-state index in [4.69, 9.17) is 10.00 Å². The zero-order valence-corrected chi connectivity index (χ0v) is 13.8. The molecule has 1 saturated heterocycles. The number of hydrogen-bond acceptors (Lipinski definition) is 5. The van der Waals surface area contributed by atoms with Gasteiger partial charge >= 0.3 is 0 Å². The van der Waals surface area contributed by atoms with Gasteiger partial charge in [-0.1, -0.05) is 0 Å². The fraction of sp³-hybridized carbons (Fsp3) is 0.412. The molecule has 3 rings (SSSR count). The summed E-state index contributed by atoms with van der Waals surface area (Å²) in [5.41, 5.74) is 1.98. The molecule has 1 fully saturated rings. The van der Waals surface area contributed by atoms with Crippen molar-refractivity contribution in [2.75, 3.05) is 19.7 Å². The van der Waals surface area contributed by atoms with Gasteiger partial charge in [0.2, 0.25) is 0 Å². The van der Waals surface area contributed by atoms with E-state index in [0.29, 0.717) is 30.8 Å². The van der Waals surface area contributed by atoms with Gasteiger partial charge in [0.1, 0.15) is 12.4 Å². The van der Waals surface area contributed by atoms with Crippen LogP contribution < -0.4 is 0 Å². The Morgan fingerprint density at radius 3 is 3.04 bits per heavy atom. The average Bonchev–Trinajstić information content (AvgIpc) is 3.10. The van der Waals surface area contributed by atoms with Crippen molar-refractivity contribution in [1.29, 1.82) is 5.26 Å². The summed E-state index contributed by atoms with van der Waals surface area (Å²) in [7, 11) is 0. The lowest BCUT2D eigenvalue weighted by molar-refractivity contribution is -0.0284. The molecule has 0 radical (unpaired) electrons. The second-order valence-electron chi connectivity index (χ2n) is 5.73. The minimum Gasteiger partial charge on any atom is -0.366 e. The summed E-state index contributed by atoms with van der Waals surface area (Å²) in [5, 5.41) is 17.0. The Morgan fingerprint density at radius 2 is 2.33 bits per heavy atom. The Balaban J connectivity index is 1.80. The molecular weight excluding hydrogens is 306 g/mol. The van der Waals surface area contributed by atoms with Crippen molar-refractivity contribution in [3.8, 4) is 6.07 Å². The van der Waals surface area contributed by atoms with Crippen molar-refractivity contribution < 1.29 is 9.53 Å². The molecule has 0 unspecified atom stereocenters. The number of carbonyl (C=O) groups is 1. The lowest BCUT2D eigenvalue weighted by Crippen LogP contribution is -2.43. The predicted molar refractivity (Wildman–Crippen MR) is 86.2 cm³/mol. The molecule has 0 spiro atoms. The van der Waals surface area contributed by atoms with Crippen LogP contribution in [0.3, 0.4) is 0 Å². The number of morpholine rings is 1. The highest BCUT2D eigenvalue weighted by Gasteiger charge is 2.29. The van der Waals surface area contributed by atoms with E-state index < -0.39 is 0 Å². The molecule has 0 aliphatic carbocycles. The van der Waals surface area contributed by atoms with Crippen molar-refractivity contribution in [1.82, 2.24) is 19.7 Å². The minimum absolute atomic E-state index is 0.0483. The van der Waals surface area contributed by atoms with Gasteiger partial charge in [-0.25, -0.2) is 0 Å². The van der Waals surface area contributed by atoms with Gasteiger partial charge in [-0.05, 0) is 37.6 Å². The number of aryl methyl sites for hydroxylation is 2. The standard InChI is InChI=1S/C17H19N5O2/c1-3-21-11-19-20-16(21)15-10-22(6-7-24-15)17(23)14-5-4-13(9-18)8-12(14)2/h4-5,8,11,15H,3,6-7,10H2,1-2H3/t15-/m1/s1. The summed E-state index contributed by atoms with van der Waals surface area (Å²) in [6, 6.07) is 7.21. The minimum atomic E-state index is -0.274. The highest BCUT2D eigenvalue weighted by molar-refractivity contribution is 5.95. The number of nitrogens with zero attached hydrogens (tertiary/aromatic N) is 5. The van der Waals surface area contributed by atoms with E-state index >= 15 is 0 Å². The Hall–Kier alpha value is -2.72. The van der Waals surface area contributed by atoms with E-state index in [1.807, 2.05) is 18.4 Å². The van der Waals surface area contributed by atoms with Crippen molar-refractivity contribution >= 4 is 5.91 Å². The summed E-state index contributed by atoms with van der Waals surface area (Å²) in [6.45, 7) is 6.05. The van der Waals surface area contributed by atoms with Crippen molar-refractivity contribution in [2.45, 2.75) is 26.5 Å². The molecule has 2 heterocycles. The molecule has 124 valence electrons. The lowest BCUT2D eigenvalue weighted by Gasteiger charge is -2.32. The molecule has 2 aromatic rings. The maximum atomic E-state index is 12.8.